The van der Waals surface area contributed by atoms with Gasteiger partial charge in [-0.05, 0) is 44.7 Å². The normalized spacial score (nSPS) is 27.4. The molecule has 1 saturated heterocycles. The molecule has 2 fully saturated rings. The average Bonchev–Trinajstić information content (AvgIpc) is 2.66. The lowest BCUT2D eigenvalue weighted by Crippen LogP contribution is -2.40. The molecule has 0 aromatic rings. The molecule has 0 aromatic carbocycles. The summed E-state index contributed by atoms with van der Waals surface area (Å²) in [7, 11) is 0. The van der Waals surface area contributed by atoms with Gasteiger partial charge in [-0.2, -0.15) is 0 Å². The van der Waals surface area contributed by atoms with Crippen LogP contribution in [0.4, 0.5) is 0 Å². The van der Waals surface area contributed by atoms with Crippen LogP contribution in [0.3, 0.4) is 0 Å². The topological polar surface area (TPSA) is 41.1 Å². The van der Waals surface area contributed by atoms with Gasteiger partial charge in [-0.25, -0.2) is 0 Å². The van der Waals surface area contributed by atoms with E-state index in [1.165, 1.54) is 38.5 Å². The molecule has 0 aromatic heterocycles. The summed E-state index contributed by atoms with van der Waals surface area (Å²) in [6.07, 6.45) is 9.84. The zero-order valence-corrected chi connectivity index (χ0v) is 10.8. The van der Waals surface area contributed by atoms with E-state index in [0.717, 1.165) is 32.5 Å². The van der Waals surface area contributed by atoms with Crippen LogP contribution in [0.1, 0.15) is 51.4 Å². The second kappa shape index (κ2) is 7.00. The van der Waals surface area contributed by atoms with Crippen molar-refractivity contribution in [3.63, 3.8) is 0 Å². The fraction of sp³-hybridized carbons (Fsp3) is 0.929. The Morgan fingerprint density at radius 1 is 1.06 bits per heavy atom. The van der Waals surface area contributed by atoms with Gasteiger partial charge in [0.05, 0.1) is 0 Å². The van der Waals surface area contributed by atoms with Crippen LogP contribution in [0.25, 0.3) is 0 Å². The van der Waals surface area contributed by atoms with Gasteiger partial charge in [-0.3, -0.25) is 4.79 Å². The molecule has 0 bridgehead atoms. The van der Waals surface area contributed by atoms with E-state index < -0.39 is 0 Å². The molecular weight excluding hydrogens is 212 g/mol. The summed E-state index contributed by atoms with van der Waals surface area (Å²) in [5.41, 5.74) is 0. The first-order chi connectivity index (χ1) is 8.36. The van der Waals surface area contributed by atoms with E-state index in [1.807, 2.05) is 0 Å². The van der Waals surface area contributed by atoms with Crippen LogP contribution in [-0.2, 0) is 4.79 Å². The van der Waals surface area contributed by atoms with Gasteiger partial charge in [-0.15, -0.1) is 0 Å². The average molecular weight is 238 g/mol. The molecule has 1 heterocycles. The predicted octanol–water partition coefficient (Wildman–Crippen LogP) is 2.07. The van der Waals surface area contributed by atoms with Crippen LogP contribution in [-0.4, -0.2) is 25.5 Å². The monoisotopic (exact) mass is 238 g/mol. The van der Waals surface area contributed by atoms with Crippen molar-refractivity contribution in [1.29, 1.82) is 0 Å². The predicted molar refractivity (Wildman–Crippen MR) is 69.8 cm³/mol. The maximum Gasteiger partial charge on any atom is 0.223 e. The van der Waals surface area contributed by atoms with Crippen molar-refractivity contribution in [3.8, 4) is 0 Å². The van der Waals surface area contributed by atoms with Gasteiger partial charge >= 0.3 is 0 Å². The Kier molecular flexibility index (Phi) is 5.30. The van der Waals surface area contributed by atoms with Gasteiger partial charge in [0.15, 0.2) is 0 Å². The largest absolute Gasteiger partial charge is 0.356 e. The lowest BCUT2D eigenvalue weighted by molar-refractivity contribution is -0.125. The van der Waals surface area contributed by atoms with Gasteiger partial charge in [-0.1, -0.05) is 25.7 Å². The number of rotatable bonds is 3. The maximum atomic E-state index is 12.1. The number of carbonyl (C=O) groups excluding carboxylic acids is 1. The smallest absolute Gasteiger partial charge is 0.223 e. The molecule has 2 rings (SSSR count). The molecule has 0 spiro atoms. The minimum atomic E-state index is 0.300. The number of hydrogen-bond acceptors (Lipinski definition) is 2. The zero-order chi connectivity index (χ0) is 11.9. The first kappa shape index (κ1) is 12.9. The second-order valence-corrected chi connectivity index (χ2v) is 5.65. The summed E-state index contributed by atoms with van der Waals surface area (Å²) in [6.45, 7) is 3.10. The fourth-order valence-electron chi connectivity index (χ4n) is 3.03. The van der Waals surface area contributed by atoms with Crippen molar-refractivity contribution in [2.24, 2.45) is 11.8 Å². The van der Waals surface area contributed by atoms with Crippen LogP contribution < -0.4 is 10.6 Å². The van der Waals surface area contributed by atoms with Crippen LogP contribution >= 0.6 is 0 Å². The van der Waals surface area contributed by atoms with Crippen molar-refractivity contribution in [1.82, 2.24) is 10.6 Å². The van der Waals surface area contributed by atoms with Gasteiger partial charge in [0.25, 0.3) is 0 Å². The Labute approximate surface area is 105 Å². The quantitative estimate of drug-likeness (QED) is 0.739. The molecule has 0 unspecified atom stereocenters. The Morgan fingerprint density at radius 2 is 1.82 bits per heavy atom. The van der Waals surface area contributed by atoms with Crippen molar-refractivity contribution in [2.45, 2.75) is 51.4 Å². The van der Waals surface area contributed by atoms with Gasteiger partial charge < -0.3 is 10.6 Å². The van der Waals surface area contributed by atoms with Crippen molar-refractivity contribution < 1.29 is 4.79 Å². The highest BCUT2D eigenvalue weighted by molar-refractivity contribution is 5.78. The molecule has 1 amide bonds. The zero-order valence-electron chi connectivity index (χ0n) is 10.8. The van der Waals surface area contributed by atoms with E-state index >= 15 is 0 Å². The SMILES string of the molecule is O=C(NC[C@H]1CCCNC1)C1CCCCCC1. The third-order valence-corrected chi connectivity index (χ3v) is 4.19. The van der Waals surface area contributed by atoms with E-state index in [2.05, 4.69) is 10.6 Å². The summed E-state index contributed by atoms with van der Waals surface area (Å²) in [4.78, 5) is 12.1. The molecule has 3 nitrogen and oxygen atoms in total. The van der Waals surface area contributed by atoms with Crippen LogP contribution in [0.15, 0.2) is 0 Å². The van der Waals surface area contributed by atoms with Crippen LogP contribution in [0, 0.1) is 11.8 Å². The third-order valence-electron chi connectivity index (χ3n) is 4.19. The lowest BCUT2D eigenvalue weighted by atomic mass is 9.97. The summed E-state index contributed by atoms with van der Waals surface area (Å²) >= 11 is 0. The van der Waals surface area contributed by atoms with Gasteiger partial charge in [0, 0.05) is 12.5 Å². The summed E-state index contributed by atoms with van der Waals surface area (Å²) in [5.74, 6) is 1.27. The minimum absolute atomic E-state index is 0.300. The van der Waals surface area contributed by atoms with E-state index in [4.69, 9.17) is 0 Å². The number of carbonyl (C=O) groups is 1. The molecule has 98 valence electrons. The van der Waals surface area contributed by atoms with Gasteiger partial charge in [0.2, 0.25) is 5.91 Å². The minimum Gasteiger partial charge on any atom is -0.356 e. The van der Waals surface area contributed by atoms with Crippen LogP contribution in [0.2, 0.25) is 0 Å². The van der Waals surface area contributed by atoms with Crippen molar-refractivity contribution >= 4 is 5.91 Å². The summed E-state index contributed by atoms with van der Waals surface area (Å²) < 4.78 is 0. The highest BCUT2D eigenvalue weighted by atomic mass is 16.1. The molecule has 1 aliphatic heterocycles. The Bertz CT molecular complexity index is 228. The standard InChI is InChI=1S/C14H26N2O/c17-14(13-7-3-1-2-4-8-13)16-11-12-6-5-9-15-10-12/h12-13,15H,1-11H2,(H,16,17)/t12-/m0/s1. The van der Waals surface area contributed by atoms with Crippen molar-refractivity contribution in [2.75, 3.05) is 19.6 Å². The number of hydrogen-bond donors (Lipinski definition) is 2. The summed E-state index contributed by atoms with van der Waals surface area (Å²) in [5, 5.41) is 6.57. The van der Waals surface area contributed by atoms with Crippen molar-refractivity contribution in [3.05, 3.63) is 0 Å². The van der Waals surface area contributed by atoms with E-state index in [9.17, 15) is 4.79 Å². The van der Waals surface area contributed by atoms with E-state index in [1.54, 1.807) is 0 Å². The second-order valence-electron chi connectivity index (χ2n) is 5.65. The molecule has 17 heavy (non-hydrogen) atoms. The molecule has 2 N–H and O–H groups in total. The highest BCUT2D eigenvalue weighted by Crippen LogP contribution is 2.23. The molecule has 1 atom stereocenters. The Hall–Kier alpha value is -0.570. The van der Waals surface area contributed by atoms with E-state index in [0.29, 0.717) is 17.7 Å². The highest BCUT2D eigenvalue weighted by Gasteiger charge is 2.21. The van der Waals surface area contributed by atoms with Crippen LogP contribution in [0.5, 0.6) is 0 Å². The van der Waals surface area contributed by atoms with E-state index in [-0.39, 0.29) is 0 Å². The number of piperidine rings is 1. The molecule has 1 saturated carbocycles. The summed E-state index contributed by atoms with van der Waals surface area (Å²) in [6, 6.07) is 0. The molecular formula is C14H26N2O. The molecule has 3 heteroatoms. The lowest BCUT2D eigenvalue weighted by Gasteiger charge is -2.24. The molecule has 0 radical (unpaired) electrons. The number of nitrogens with one attached hydrogen (secondary N) is 2. The Balaban J connectivity index is 1.68. The molecule has 1 aliphatic carbocycles. The Morgan fingerprint density at radius 3 is 2.47 bits per heavy atom. The number of amides is 1. The first-order valence-corrected chi connectivity index (χ1v) is 7.34. The maximum absolute atomic E-state index is 12.1. The van der Waals surface area contributed by atoms with Gasteiger partial charge in [0.1, 0.15) is 0 Å². The fourth-order valence-corrected chi connectivity index (χ4v) is 3.03. The first-order valence-electron chi connectivity index (χ1n) is 7.34. The molecule has 2 aliphatic rings. The third kappa shape index (κ3) is 4.30.